The van der Waals surface area contributed by atoms with E-state index >= 15 is 0 Å². The number of hydrogen-bond donors (Lipinski definition) is 1. The van der Waals surface area contributed by atoms with Gasteiger partial charge in [0.25, 0.3) is 0 Å². The van der Waals surface area contributed by atoms with Gasteiger partial charge in [-0.3, -0.25) is 0 Å². The number of nitrogens with zero attached hydrogens (tertiary/aromatic N) is 1. The van der Waals surface area contributed by atoms with E-state index < -0.39 is 0 Å². The lowest BCUT2D eigenvalue weighted by Crippen LogP contribution is -1.97. The molecule has 3 rings (SSSR count). The fourth-order valence-corrected chi connectivity index (χ4v) is 2.66. The molecule has 96 valence electrons. The molecule has 0 amide bonds. The van der Waals surface area contributed by atoms with Crippen molar-refractivity contribution in [3.8, 4) is 5.75 Å². The summed E-state index contributed by atoms with van der Waals surface area (Å²) in [6.07, 6.45) is 0. The van der Waals surface area contributed by atoms with Crippen LogP contribution in [0.3, 0.4) is 0 Å². The molecule has 5 heteroatoms. The number of benzene rings is 2. The second-order valence-electron chi connectivity index (χ2n) is 4.05. The second kappa shape index (κ2) is 4.85. The van der Waals surface area contributed by atoms with Crippen molar-refractivity contribution in [1.29, 1.82) is 0 Å². The van der Waals surface area contributed by atoms with Crippen LogP contribution in [0.4, 0.5) is 10.1 Å². The number of thiazole rings is 1. The highest BCUT2D eigenvalue weighted by Crippen LogP contribution is 2.25. The molecular formula is C14H11FN2OS. The van der Waals surface area contributed by atoms with E-state index in [1.807, 2.05) is 18.2 Å². The fourth-order valence-electron chi connectivity index (χ4n) is 1.76. The Morgan fingerprint density at radius 1 is 1.21 bits per heavy atom. The quantitative estimate of drug-likeness (QED) is 0.742. The smallest absolute Gasteiger partial charge is 0.142 e. The van der Waals surface area contributed by atoms with Crippen LogP contribution < -0.4 is 10.5 Å². The minimum atomic E-state index is -0.254. The third-order valence-corrected chi connectivity index (χ3v) is 3.66. The van der Waals surface area contributed by atoms with Gasteiger partial charge in [0.15, 0.2) is 0 Å². The van der Waals surface area contributed by atoms with Crippen LogP contribution in [0.1, 0.15) is 5.01 Å². The highest BCUT2D eigenvalue weighted by molar-refractivity contribution is 7.18. The van der Waals surface area contributed by atoms with Gasteiger partial charge in [0.05, 0.1) is 15.9 Å². The third kappa shape index (κ3) is 2.51. The Bertz CT molecular complexity index is 726. The van der Waals surface area contributed by atoms with E-state index in [0.29, 0.717) is 18.0 Å². The van der Waals surface area contributed by atoms with Crippen LogP contribution in [0.5, 0.6) is 5.75 Å². The average molecular weight is 274 g/mol. The maximum Gasteiger partial charge on any atom is 0.142 e. The summed E-state index contributed by atoms with van der Waals surface area (Å²) >= 11 is 1.42. The number of hydrogen-bond acceptors (Lipinski definition) is 4. The van der Waals surface area contributed by atoms with Crippen molar-refractivity contribution >= 4 is 27.2 Å². The molecule has 2 aromatic carbocycles. The molecule has 0 saturated carbocycles. The standard InChI is InChI=1S/C14H11FN2OS/c15-9-5-6-11-13(7-9)19-14(17-11)8-18-12-4-2-1-3-10(12)16/h1-7H,8,16H2. The van der Waals surface area contributed by atoms with E-state index in [0.717, 1.165) is 15.2 Å². The van der Waals surface area contributed by atoms with Crippen LogP contribution in [0.2, 0.25) is 0 Å². The zero-order valence-electron chi connectivity index (χ0n) is 9.97. The largest absolute Gasteiger partial charge is 0.484 e. The van der Waals surface area contributed by atoms with E-state index in [1.165, 1.54) is 23.5 Å². The van der Waals surface area contributed by atoms with Gasteiger partial charge in [-0.15, -0.1) is 11.3 Å². The normalized spacial score (nSPS) is 10.8. The SMILES string of the molecule is Nc1ccccc1OCc1nc2ccc(F)cc2s1. The van der Waals surface area contributed by atoms with Crippen molar-refractivity contribution < 1.29 is 9.13 Å². The predicted molar refractivity (Wildman–Crippen MR) is 74.8 cm³/mol. The van der Waals surface area contributed by atoms with Gasteiger partial charge in [-0.1, -0.05) is 12.1 Å². The molecule has 1 aromatic heterocycles. The van der Waals surface area contributed by atoms with Crippen molar-refractivity contribution in [2.75, 3.05) is 5.73 Å². The van der Waals surface area contributed by atoms with Gasteiger partial charge < -0.3 is 10.5 Å². The molecule has 3 nitrogen and oxygen atoms in total. The van der Waals surface area contributed by atoms with Crippen LogP contribution in [-0.2, 0) is 6.61 Å². The summed E-state index contributed by atoms with van der Waals surface area (Å²) in [5.74, 6) is 0.379. The molecule has 0 fully saturated rings. The Kier molecular flexibility index (Phi) is 3.05. The monoisotopic (exact) mass is 274 g/mol. The summed E-state index contributed by atoms with van der Waals surface area (Å²) < 4.78 is 19.5. The zero-order valence-corrected chi connectivity index (χ0v) is 10.8. The first kappa shape index (κ1) is 11.9. The molecule has 0 bridgehead atoms. The minimum Gasteiger partial charge on any atom is -0.484 e. The molecule has 0 aliphatic heterocycles. The van der Waals surface area contributed by atoms with Crippen LogP contribution in [0.15, 0.2) is 42.5 Å². The van der Waals surface area contributed by atoms with Gasteiger partial charge in [0, 0.05) is 0 Å². The molecule has 1 heterocycles. The maximum absolute atomic E-state index is 13.1. The first-order valence-corrected chi connectivity index (χ1v) is 6.56. The van der Waals surface area contributed by atoms with Gasteiger partial charge in [0.1, 0.15) is 23.2 Å². The Balaban J connectivity index is 1.80. The van der Waals surface area contributed by atoms with Crippen molar-refractivity contribution in [3.05, 3.63) is 53.3 Å². The lowest BCUT2D eigenvalue weighted by Gasteiger charge is -2.06. The first-order chi connectivity index (χ1) is 9.22. The first-order valence-electron chi connectivity index (χ1n) is 5.74. The Hall–Kier alpha value is -2.14. The number of halogens is 1. The number of ether oxygens (including phenoxy) is 1. The topological polar surface area (TPSA) is 48.1 Å². The predicted octanol–water partition coefficient (Wildman–Crippen LogP) is 3.60. The summed E-state index contributed by atoms with van der Waals surface area (Å²) in [7, 11) is 0. The number of anilines is 1. The van der Waals surface area contributed by atoms with E-state index in [9.17, 15) is 4.39 Å². The molecule has 2 N–H and O–H groups in total. The van der Waals surface area contributed by atoms with Gasteiger partial charge in [-0.25, -0.2) is 9.37 Å². The minimum absolute atomic E-state index is 0.254. The van der Waals surface area contributed by atoms with Crippen molar-refractivity contribution in [3.63, 3.8) is 0 Å². The average Bonchev–Trinajstić information content (AvgIpc) is 2.79. The van der Waals surface area contributed by atoms with Gasteiger partial charge in [-0.05, 0) is 30.3 Å². The summed E-state index contributed by atoms with van der Waals surface area (Å²) in [5, 5.41) is 0.795. The molecule has 3 aromatic rings. The van der Waals surface area contributed by atoms with Crippen LogP contribution >= 0.6 is 11.3 Å². The van der Waals surface area contributed by atoms with Crippen LogP contribution in [0.25, 0.3) is 10.2 Å². The van der Waals surface area contributed by atoms with Gasteiger partial charge in [-0.2, -0.15) is 0 Å². The fraction of sp³-hybridized carbons (Fsp3) is 0.0714. The van der Waals surface area contributed by atoms with Crippen molar-refractivity contribution in [2.24, 2.45) is 0 Å². The molecule has 0 aliphatic carbocycles. The second-order valence-corrected chi connectivity index (χ2v) is 5.16. The van der Waals surface area contributed by atoms with E-state index in [1.54, 1.807) is 12.1 Å². The number of para-hydroxylation sites is 2. The third-order valence-electron chi connectivity index (χ3n) is 2.66. The Morgan fingerprint density at radius 2 is 2.05 bits per heavy atom. The zero-order chi connectivity index (χ0) is 13.2. The molecule has 0 saturated heterocycles. The van der Waals surface area contributed by atoms with Crippen molar-refractivity contribution in [1.82, 2.24) is 4.98 Å². The number of rotatable bonds is 3. The van der Waals surface area contributed by atoms with E-state index in [4.69, 9.17) is 10.5 Å². The molecule has 0 unspecified atom stereocenters. The maximum atomic E-state index is 13.1. The van der Waals surface area contributed by atoms with Crippen LogP contribution in [-0.4, -0.2) is 4.98 Å². The lowest BCUT2D eigenvalue weighted by molar-refractivity contribution is 0.307. The molecule has 0 atom stereocenters. The summed E-state index contributed by atoms with van der Waals surface area (Å²) in [4.78, 5) is 4.38. The van der Waals surface area contributed by atoms with E-state index in [-0.39, 0.29) is 5.82 Å². The Morgan fingerprint density at radius 3 is 2.89 bits per heavy atom. The number of aromatic nitrogens is 1. The van der Waals surface area contributed by atoms with Gasteiger partial charge in [0.2, 0.25) is 0 Å². The molecule has 19 heavy (non-hydrogen) atoms. The van der Waals surface area contributed by atoms with E-state index in [2.05, 4.69) is 4.98 Å². The number of nitrogens with two attached hydrogens (primary N) is 1. The number of fused-ring (bicyclic) bond motifs is 1. The van der Waals surface area contributed by atoms with Crippen molar-refractivity contribution in [2.45, 2.75) is 6.61 Å². The van der Waals surface area contributed by atoms with Gasteiger partial charge >= 0.3 is 0 Å². The lowest BCUT2D eigenvalue weighted by atomic mass is 10.3. The summed E-state index contributed by atoms with van der Waals surface area (Å²) in [6.45, 7) is 0.329. The number of nitrogen functional groups attached to an aromatic ring is 1. The highest BCUT2D eigenvalue weighted by atomic mass is 32.1. The molecule has 0 radical (unpaired) electrons. The van der Waals surface area contributed by atoms with Crippen LogP contribution in [0, 0.1) is 5.82 Å². The Labute approximate surface area is 113 Å². The summed E-state index contributed by atoms with van der Waals surface area (Å²) in [5.41, 5.74) is 7.16. The molecule has 0 spiro atoms. The molecule has 0 aliphatic rings. The highest BCUT2D eigenvalue weighted by Gasteiger charge is 2.06. The summed E-state index contributed by atoms with van der Waals surface area (Å²) in [6, 6.07) is 11.9. The molecular weight excluding hydrogens is 263 g/mol.